The average Bonchev–Trinajstić information content (AvgIpc) is 2.90. The third kappa shape index (κ3) is 2.42. The summed E-state index contributed by atoms with van der Waals surface area (Å²) in [5, 5.41) is 11.7. The Bertz CT molecular complexity index is 924. The van der Waals surface area contributed by atoms with Crippen LogP contribution in [0.4, 0.5) is 0 Å². The van der Waals surface area contributed by atoms with Crippen molar-refractivity contribution in [1.29, 1.82) is 0 Å². The van der Waals surface area contributed by atoms with E-state index in [4.69, 9.17) is 9.84 Å². The molecule has 3 heteroatoms. The van der Waals surface area contributed by atoms with Gasteiger partial charge in [-0.05, 0) is 41.8 Å². The predicted molar refractivity (Wildman–Crippen MR) is 93.9 cm³/mol. The Morgan fingerprint density at radius 2 is 1.88 bits per heavy atom. The summed E-state index contributed by atoms with van der Waals surface area (Å²) in [6.07, 6.45) is 0.907. The molecule has 4 rings (SSSR count). The molecule has 0 saturated carbocycles. The van der Waals surface area contributed by atoms with Crippen LogP contribution in [0.2, 0.25) is 0 Å². The van der Waals surface area contributed by atoms with Crippen LogP contribution in [0.25, 0.3) is 10.8 Å². The fourth-order valence-electron chi connectivity index (χ4n) is 3.59. The van der Waals surface area contributed by atoms with Crippen LogP contribution in [-0.2, 0) is 6.42 Å². The fraction of sp³-hybridized carbons (Fsp3) is 0.190. The molecule has 2 unspecified atom stereocenters. The quantitative estimate of drug-likeness (QED) is 0.765. The highest BCUT2D eigenvalue weighted by molar-refractivity contribution is 5.88. The highest BCUT2D eigenvalue weighted by Gasteiger charge is 2.32. The molecule has 0 aliphatic carbocycles. The summed E-state index contributed by atoms with van der Waals surface area (Å²) < 4.78 is 5.93. The monoisotopic (exact) mass is 318 g/mol. The molecule has 1 heterocycles. The van der Waals surface area contributed by atoms with Gasteiger partial charge in [-0.1, -0.05) is 48.5 Å². The van der Waals surface area contributed by atoms with Crippen molar-refractivity contribution in [2.75, 3.05) is 0 Å². The summed E-state index contributed by atoms with van der Waals surface area (Å²) >= 11 is 0. The van der Waals surface area contributed by atoms with E-state index in [0.29, 0.717) is 5.75 Å². The summed E-state index contributed by atoms with van der Waals surface area (Å²) in [5.74, 6) is 0.00726. The minimum absolute atomic E-state index is 0.0306. The van der Waals surface area contributed by atoms with Crippen molar-refractivity contribution in [3.8, 4) is 5.75 Å². The molecule has 0 fully saturated rings. The van der Waals surface area contributed by atoms with Crippen LogP contribution in [0.5, 0.6) is 5.75 Å². The van der Waals surface area contributed by atoms with Gasteiger partial charge < -0.3 is 9.84 Å². The Kier molecular flexibility index (Phi) is 3.49. The summed E-state index contributed by atoms with van der Waals surface area (Å²) in [4.78, 5) is 11.1. The van der Waals surface area contributed by atoms with Crippen LogP contribution in [0.3, 0.4) is 0 Å². The molecule has 3 aromatic rings. The van der Waals surface area contributed by atoms with Gasteiger partial charge in [0.25, 0.3) is 0 Å². The minimum Gasteiger partial charge on any atom is -0.490 e. The first-order chi connectivity index (χ1) is 11.6. The Hall–Kier alpha value is -2.81. The van der Waals surface area contributed by atoms with Crippen LogP contribution >= 0.6 is 0 Å². The number of rotatable bonds is 3. The Morgan fingerprint density at radius 1 is 1.08 bits per heavy atom. The first kappa shape index (κ1) is 14.8. The van der Waals surface area contributed by atoms with E-state index in [9.17, 15) is 4.79 Å². The van der Waals surface area contributed by atoms with Crippen molar-refractivity contribution in [2.24, 2.45) is 0 Å². The number of benzene rings is 3. The third-order valence-electron chi connectivity index (χ3n) is 4.86. The summed E-state index contributed by atoms with van der Waals surface area (Å²) in [5.41, 5.74) is 2.66. The van der Waals surface area contributed by atoms with Crippen molar-refractivity contribution in [3.05, 3.63) is 77.4 Å². The van der Waals surface area contributed by atoms with Crippen LogP contribution < -0.4 is 4.74 Å². The second kappa shape index (κ2) is 5.68. The van der Waals surface area contributed by atoms with Gasteiger partial charge in [0.1, 0.15) is 11.9 Å². The van der Waals surface area contributed by atoms with Crippen molar-refractivity contribution in [3.63, 3.8) is 0 Å². The largest absolute Gasteiger partial charge is 0.490 e. The maximum atomic E-state index is 11.1. The molecule has 0 radical (unpaired) electrons. The minimum atomic E-state index is -0.924. The van der Waals surface area contributed by atoms with Gasteiger partial charge in [-0.3, -0.25) is 0 Å². The number of ether oxygens (including phenoxy) is 1. The number of carbonyl (C=O) groups is 1. The lowest BCUT2D eigenvalue weighted by atomic mass is 9.87. The molecule has 0 amide bonds. The molecule has 0 saturated heterocycles. The summed E-state index contributed by atoms with van der Waals surface area (Å²) in [6, 6.07) is 20.0. The molecule has 24 heavy (non-hydrogen) atoms. The molecule has 0 aromatic heterocycles. The standard InChI is InChI=1S/C21H18O3/c1-13-19(18-10-9-16(21(22)23)12-20(18)24-13)11-15-7-4-6-14-5-2-3-8-17(14)15/h2-10,12-13,19H,11H2,1H3,(H,22,23). The zero-order chi connectivity index (χ0) is 16.7. The van der Waals surface area contributed by atoms with Gasteiger partial charge in [-0.25, -0.2) is 4.79 Å². The molecule has 1 N–H and O–H groups in total. The smallest absolute Gasteiger partial charge is 0.335 e. The molecular weight excluding hydrogens is 300 g/mol. The van der Waals surface area contributed by atoms with E-state index in [1.165, 1.54) is 16.3 Å². The lowest BCUT2D eigenvalue weighted by Gasteiger charge is -2.16. The van der Waals surface area contributed by atoms with Gasteiger partial charge in [-0.15, -0.1) is 0 Å². The van der Waals surface area contributed by atoms with Gasteiger partial charge in [0.2, 0.25) is 0 Å². The van der Waals surface area contributed by atoms with E-state index in [1.54, 1.807) is 12.1 Å². The van der Waals surface area contributed by atoms with Crippen LogP contribution in [0, 0.1) is 0 Å². The first-order valence-corrected chi connectivity index (χ1v) is 8.14. The van der Waals surface area contributed by atoms with E-state index in [2.05, 4.69) is 49.4 Å². The highest BCUT2D eigenvalue weighted by Crippen LogP contribution is 2.41. The number of hydrogen-bond acceptors (Lipinski definition) is 2. The van der Waals surface area contributed by atoms with Gasteiger partial charge in [-0.2, -0.15) is 0 Å². The summed E-state index contributed by atoms with van der Waals surface area (Å²) in [6.45, 7) is 2.05. The first-order valence-electron chi connectivity index (χ1n) is 8.14. The van der Waals surface area contributed by atoms with E-state index in [0.717, 1.165) is 12.0 Å². The molecule has 1 aliphatic rings. The topological polar surface area (TPSA) is 46.5 Å². The molecule has 3 aromatic carbocycles. The number of carboxylic acid groups (broad SMARTS) is 1. The predicted octanol–water partition coefficient (Wildman–Crippen LogP) is 4.65. The van der Waals surface area contributed by atoms with E-state index >= 15 is 0 Å². The van der Waals surface area contributed by atoms with Crippen molar-refractivity contribution < 1.29 is 14.6 Å². The Labute approximate surface area is 140 Å². The van der Waals surface area contributed by atoms with Gasteiger partial charge >= 0.3 is 5.97 Å². The third-order valence-corrected chi connectivity index (χ3v) is 4.86. The maximum absolute atomic E-state index is 11.1. The van der Waals surface area contributed by atoms with Crippen molar-refractivity contribution in [1.82, 2.24) is 0 Å². The Balaban J connectivity index is 1.72. The molecule has 3 nitrogen and oxygen atoms in total. The van der Waals surface area contributed by atoms with E-state index in [-0.39, 0.29) is 17.6 Å². The zero-order valence-corrected chi connectivity index (χ0v) is 13.4. The van der Waals surface area contributed by atoms with Crippen molar-refractivity contribution >= 4 is 16.7 Å². The number of fused-ring (bicyclic) bond motifs is 2. The zero-order valence-electron chi connectivity index (χ0n) is 13.4. The summed E-state index contributed by atoms with van der Waals surface area (Å²) in [7, 11) is 0. The van der Waals surface area contributed by atoms with Crippen LogP contribution in [-0.4, -0.2) is 17.2 Å². The fourth-order valence-corrected chi connectivity index (χ4v) is 3.59. The Morgan fingerprint density at radius 3 is 2.71 bits per heavy atom. The van der Waals surface area contributed by atoms with Crippen molar-refractivity contribution in [2.45, 2.75) is 25.4 Å². The average molecular weight is 318 g/mol. The van der Waals surface area contributed by atoms with Crippen LogP contribution in [0.15, 0.2) is 60.7 Å². The normalized spacial score (nSPS) is 19.0. The maximum Gasteiger partial charge on any atom is 0.335 e. The van der Waals surface area contributed by atoms with E-state index < -0.39 is 5.97 Å². The number of hydrogen-bond donors (Lipinski definition) is 1. The van der Waals surface area contributed by atoms with E-state index in [1.807, 2.05) is 6.07 Å². The molecule has 0 spiro atoms. The SMILES string of the molecule is CC1Oc2cc(C(=O)O)ccc2C1Cc1cccc2ccccc12. The van der Waals surface area contributed by atoms with Gasteiger partial charge in [0.15, 0.2) is 0 Å². The molecule has 0 bridgehead atoms. The molecule has 1 aliphatic heterocycles. The molecular formula is C21H18O3. The van der Waals surface area contributed by atoms with Gasteiger partial charge in [0.05, 0.1) is 5.56 Å². The molecule has 120 valence electrons. The highest BCUT2D eigenvalue weighted by atomic mass is 16.5. The van der Waals surface area contributed by atoms with Crippen LogP contribution in [0.1, 0.15) is 34.3 Å². The molecule has 2 atom stereocenters. The number of carboxylic acids is 1. The van der Waals surface area contributed by atoms with Gasteiger partial charge in [0, 0.05) is 11.5 Å². The lowest BCUT2D eigenvalue weighted by molar-refractivity contribution is 0.0696. The lowest BCUT2D eigenvalue weighted by Crippen LogP contribution is -2.16. The second-order valence-corrected chi connectivity index (χ2v) is 6.33. The number of aromatic carboxylic acids is 1. The second-order valence-electron chi connectivity index (χ2n) is 6.33.